The molecule has 19 heavy (non-hydrogen) atoms. The van der Waals surface area contributed by atoms with Crippen LogP contribution in [-0.4, -0.2) is 35.6 Å². The number of aromatic nitrogens is 1. The van der Waals surface area contributed by atoms with Crippen molar-refractivity contribution in [3.8, 4) is 0 Å². The molecular weight excluding hydrogens is 270 g/mol. The zero-order valence-electron chi connectivity index (χ0n) is 10.9. The highest BCUT2D eigenvalue weighted by molar-refractivity contribution is 7.91. The van der Waals surface area contributed by atoms with Crippen LogP contribution in [0.1, 0.15) is 29.4 Å². The van der Waals surface area contributed by atoms with Gasteiger partial charge in [-0.2, -0.15) is 0 Å². The molecule has 106 valence electrons. The van der Waals surface area contributed by atoms with Gasteiger partial charge in [-0.25, -0.2) is 13.2 Å². The monoisotopic (exact) mass is 287 g/mol. The Hall–Kier alpha value is -1.63. The molecule has 1 rings (SSSR count). The minimum absolute atomic E-state index is 0.0659. The molecule has 0 unspecified atom stereocenters. The number of aryl methyl sites for hydroxylation is 2. The van der Waals surface area contributed by atoms with Gasteiger partial charge in [0.15, 0.2) is 15.3 Å². The number of hydrogen-bond donors (Lipinski definition) is 1. The van der Waals surface area contributed by atoms with Gasteiger partial charge >= 0.3 is 5.97 Å². The first-order valence-electron chi connectivity index (χ1n) is 5.91. The second-order valence-corrected chi connectivity index (χ2v) is 6.65. The number of sulfone groups is 1. The maximum absolute atomic E-state index is 11.6. The molecule has 0 radical (unpaired) electrons. The van der Waals surface area contributed by atoms with Crippen molar-refractivity contribution >= 4 is 15.8 Å². The standard InChI is InChI=1S/C12H17NO5S/c1-3-5-19(17,18)6-4-13-8-10(12(15)16)11(14)7-9(13)2/h7-8H,3-6H2,1-2H3,(H,15,16). The lowest BCUT2D eigenvalue weighted by Crippen LogP contribution is -2.22. The van der Waals surface area contributed by atoms with Gasteiger partial charge in [-0.1, -0.05) is 6.92 Å². The SMILES string of the molecule is CCCS(=O)(=O)CCn1cc(C(=O)O)c(=O)cc1C. The Bertz CT molecular complexity index is 630. The Balaban J connectivity index is 3.00. The lowest BCUT2D eigenvalue weighted by molar-refractivity contribution is 0.0694. The lowest BCUT2D eigenvalue weighted by atomic mass is 10.2. The number of aromatic carboxylic acids is 1. The summed E-state index contributed by atoms with van der Waals surface area (Å²) in [6.07, 6.45) is 1.74. The van der Waals surface area contributed by atoms with Gasteiger partial charge in [0, 0.05) is 30.3 Å². The summed E-state index contributed by atoms with van der Waals surface area (Å²) in [6.45, 7) is 3.57. The summed E-state index contributed by atoms with van der Waals surface area (Å²) < 4.78 is 24.7. The van der Waals surface area contributed by atoms with E-state index in [4.69, 9.17) is 5.11 Å². The molecule has 0 amide bonds. The van der Waals surface area contributed by atoms with Gasteiger partial charge in [-0.05, 0) is 13.3 Å². The van der Waals surface area contributed by atoms with E-state index < -0.39 is 21.2 Å². The van der Waals surface area contributed by atoms with Crippen molar-refractivity contribution in [3.63, 3.8) is 0 Å². The fourth-order valence-electron chi connectivity index (χ4n) is 1.72. The van der Waals surface area contributed by atoms with Crippen molar-refractivity contribution in [3.05, 3.63) is 33.7 Å². The zero-order valence-corrected chi connectivity index (χ0v) is 11.7. The number of carboxylic acids is 1. The number of carbonyl (C=O) groups is 1. The van der Waals surface area contributed by atoms with Gasteiger partial charge in [-0.3, -0.25) is 4.79 Å². The summed E-state index contributed by atoms with van der Waals surface area (Å²) in [7, 11) is -3.14. The van der Waals surface area contributed by atoms with Crippen LogP contribution in [-0.2, 0) is 16.4 Å². The normalized spacial score (nSPS) is 11.5. The molecule has 1 aromatic heterocycles. The van der Waals surface area contributed by atoms with E-state index in [9.17, 15) is 18.0 Å². The van der Waals surface area contributed by atoms with E-state index >= 15 is 0 Å². The van der Waals surface area contributed by atoms with Gasteiger partial charge in [0.2, 0.25) is 0 Å². The smallest absolute Gasteiger partial charge is 0.341 e. The highest BCUT2D eigenvalue weighted by atomic mass is 32.2. The van der Waals surface area contributed by atoms with Crippen molar-refractivity contribution in [1.82, 2.24) is 4.57 Å². The van der Waals surface area contributed by atoms with Crippen LogP contribution >= 0.6 is 0 Å². The summed E-state index contributed by atoms with van der Waals surface area (Å²) >= 11 is 0. The summed E-state index contributed by atoms with van der Waals surface area (Å²) in [5.74, 6) is -1.27. The molecule has 0 spiro atoms. The maximum atomic E-state index is 11.6. The van der Waals surface area contributed by atoms with Crippen molar-refractivity contribution in [1.29, 1.82) is 0 Å². The van der Waals surface area contributed by atoms with E-state index in [-0.39, 0.29) is 23.6 Å². The first-order chi connectivity index (χ1) is 8.76. The van der Waals surface area contributed by atoms with E-state index in [1.165, 1.54) is 16.8 Å². The molecule has 0 saturated heterocycles. The Morgan fingerprint density at radius 2 is 2.00 bits per heavy atom. The minimum atomic E-state index is -3.14. The number of nitrogens with zero attached hydrogens (tertiary/aromatic N) is 1. The predicted octanol–water partition coefficient (Wildman–Crippen LogP) is 0.680. The Kier molecular flexibility index (Phi) is 4.88. The molecule has 0 aromatic carbocycles. The summed E-state index contributed by atoms with van der Waals surface area (Å²) in [6, 6.07) is 1.20. The van der Waals surface area contributed by atoms with Crippen LogP contribution in [0.3, 0.4) is 0 Å². The largest absolute Gasteiger partial charge is 0.477 e. The topological polar surface area (TPSA) is 93.4 Å². The second kappa shape index (κ2) is 6.01. The third-order valence-electron chi connectivity index (χ3n) is 2.73. The first kappa shape index (κ1) is 15.4. The van der Waals surface area contributed by atoms with Crippen LogP contribution < -0.4 is 5.43 Å². The number of rotatable bonds is 6. The summed E-state index contributed by atoms with van der Waals surface area (Å²) in [5.41, 5.74) is -0.377. The zero-order chi connectivity index (χ0) is 14.6. The van der Waals surface area contributed by atoms with Crippen LogP contribution in [0.25, 0.3) is 0 Å². The third-order valence-corrected chi connectivity index (χ3v) is 4.57. The summed E-state index contributed by atoms with van der Waals surface area (Å²) in [5, 5.41) is 8.86. The van der Waals surface area contributed by atoms with Gasteiger partial charge < -0.3 is 9.67 Å². The van der Waals surface area contributed by atoms with Crippen LogP contribution in [0.4, 0.5) is 0 Å². The van der Waals surface area contributed by atoms with Crippen molar-refractivity contribution < 1.29 is 18.3 Å². The van der Waals surface area contributed by atoms with Crippen molar-refractivity contribution in [2.45, 2.75) is 26.8 Å². The van der Waals surface area contributed by atoms with Gasteiger partial charge in [0.25, 0.3) is 0 Å². The molecule has 7 heteroatoms. The molecule has 1 N–H and O–H groups in total. The van der Waals surface area contributed by atoms with Gasteiger partial charge in [0.1, 0.15) is 5.56 Å². The molecular formula is C12H17NO5S. The Labute approximate surface area is 111 Å². The average Bonchev–Trinajstić information content (AvgIpc) is 2.27. The molecule has 1 aromatic rings. The quantitative estimate of drug-likeness (QED) is 0.830. The van der Waals surface area contributed by atoms with Crippen molar-refractivity contribution in [2.24, 2.45) is 0 Å². The highest BCUT2D eigenvalue weighted by Crippen LogP contribution is 2.02. The molecule has 0 bridgehead atoms. The first-order valence-corrected chi connectivity index (χ1v) is 7.74. The highest BCUT2D eigenvalue weighted by Gasteiger charge is 2.13. The predicted molar refractivity (Wildman–Crippen MR) is 71.3 cm³/mol. The van der Waals surface area contributed by atoms with E-state index in [2.05, 4.69) is 0 Å². The summed E-state index contributed by atoms with van der Waals surface area (Å²) in [4.78, 5) is 22.3. The Morgan fingerprint density at radius 3 is 2.53 bits per heavy atom. The fraction of sp³-hybridized carbons (Fsp3) is 0.500. The van der Waals surface area contributed by atoms with E-state index in [1.54, 1.807) is 13.8 Å². The number of pyridine rings is 1. The average molecular weight is 287 g/mol. The van der Waals surface area contributed by atoms with Crippen LogP contribution in [0, 0.1) is 6.92 Å². The van der Waals surface area contributed by atoms with E-state index in [1.807, 2.05) is 0 Å². The van der Waals surface area contributed by atoms with E-state index in [0.29, 0.717) is 12.1 Å². The Morgan fingerprint density at radius 1 is 1.37 bits per heavy atom. The lowest BCUT2D eigenvalue weighted by Gasteiger charge is -2.11. The van der Waals surface area contributed by atoms with Crippen LogP contribution in [0.2, 0.25) is 0 Å². The molecule has 1 heterocycles. The van der Waals surface area contributed by atoms with E-state index in [0.717, 1.165) is 0 Å². The van der Waals surface area contributed by atoms with Gasteiger partial charge in [0.05, 0.1) is 5.75 Å². The fourth-order valence-corrected chi connectivity index (χ4v) is 3.02. The molecule has 6 nitrogen and oxygen atoms in total. The third kappa shape index (κ3) is 4.20. The molecule has 0 atom stereocenters. The minimum Gasteiger partial charge on any atom is -0.477 e. The molecule has 0 aliphatic rings. The number of carboxylic acid groups (broad SMARTS) is 1. The molecule has 0 aliphatic heterocycles. The second-order valence-electron chi connectivity index (χ2n) is 4.34. The molecule has 0 fully saturated rings. The van der Waals surface area contributed by atoms with Crippen molar-refractivity contribution in [2.75, 3.05) is 11.5 Å². The maximum Gasteiger partial charge on any atom is 0.341 e. The number of hydrogen-bond acceptors (Lipinski definition) is 4. The van der Waals surface area contributed by atoms with Gasteiger partial charge in [-0.15, -0.1) is 0 Å². The molecule has 0 saturated carbocycles. The van der Waals surface area contributed by atoms with Crippen LogP contribution in [0.15, 0.2) is 17.1 Å². The van der Waals surface area contributed by atoms with Crippen LogP contribution in [0.5, 0.6) is 0 Å². The molecule has 0 aliphatic carbocycles.